The smallest absolute Gasteiger partial charge is 0.335 e. The molecular formula is C22H24N2O3. The average Bonchev–Trinajstić information content (AvgIpc) is 3.10. The van der Waals surface area contributed by atoms with E-state index in [0.717, 1.165) is 38.0 Å². The van der Waals surface area contributed by atoms with Gasteiger partial charge in [-0.3, -0.25) is 9.69 Å². The van der Waals surface area contributed by atoms with Gasteiger partial charge in [0.2, 0.25) is 5.91 Å². The molecule has 140 valence electrons. The van der Waals surface area contributed by atoms with Gasteiger partial charge in [-0.15, -0.1) is 0 Å². The lowest BCUT2D eigenvalue weighted by molar-refractivity contribution is -0.133. The number of piperidine rings is 1. The molecule has 0 bridgehead atoms. The molecule has 0 spiro atoms. The third-order valence-corrected chi connectivity index (χ3v) is 5.64. The Morgan fingerprint density at radius 3 is 2.48 bits per heavy atom. The van der Waals surface area contributed by atoms with Crippen LogP contribution in [0.4, 0.5) is 0 Å². The highest BCUT2D eigenvalue weighted by Gasteiger charge is 2.28. The van der Waals surface area contributed by atoms with Crippen molar-refractivity contribution in [3.8, 4) is 0 Å². The van der Waals surface area contributed by atoms with Crippen molar-refractivity contribution in [2.45, 2.75) is 31.8 Å². The van der Waals surface area contributed by atoms with Crippen molar-refractivity contribution in [1.82, 2.24) is 9.80 Å². The van der Waals surface area contributed by atoms with Crippen molar-refractivity contribution in [1.29, 1.82) is 0 Å². The maximum atomic E-state index is 12.8. The van der Waals surface area contributed by atoms with Crippen LogP contribution in [0, 0.1) is 0 Å². The summed E-state index contributed by atoms with van der Waals surface area (Å²) in [4.78, 5) is 28.2. The van der Waals surface area contributed by atoms with Gasteiger partial charge in [0.15, 0.2) is 0 Å². The normalized spacial score (nSPS) is 19.7. The number of amides is 1. The lowest BCUT2D eigenvalue weighted by atomic mass is 9.89. The van der Waals surface area contributed by atoms with Crippen molar-refractivity contribution < 1.29 is 14.7 Å². The molecule has 0 aromatic heterocycles. The first-order valence-corrected chi connectivity index (χ1v) is 9.50. The SMILES string of the molecule is O=C(O)c1cccc([C@@H]2CCCN(C(=O)CN3Cc4ccccc4C3)C2)c1. The quantitative estimate of drug-likeness (QED) is 0.906. The highest BCUT2D eigenvalue weighted by molar-refractivity contribution is 5.87. The fourth-order valence-corrected chi connectivity index (χ4v) is 4.21. The monoisotopic (exact) mass is 364 g/mol. The number of nitrogens with zero attached hydrogens (tertiary/aromatic N) is 2. The fourth-order valence-electron chi connectivity index (χ4n) is 4.21. The second-order valence-electron chi connectivity index (χ2n) is 7.52. The van der Waals surface area contributed by atoms with Crippen molar-refractivity contribution in [3.05, 3.63) is 70.8 Å². The highest BCUT2D eigenvalue weighted by Crippen LogP contribution is 2.28. The van der Waals surface area contributed by atoms with Crippen LogP contribution in [-0.4, -0.2) is 46.4 Å². The van der Waals surface area contributed by atoms with Gasteiger partial charge in [0.25, 0.3) is 0 Å². The standard InChI is InChI=1S/C22H24N2O3/c25-21(15-23-12-18-5-1-2-6-19(18)13-23)24-10-4-9-20(14-24)16-7-3-8-17(11-16)22(26)27/h1-3,5-8,11,20H,4,9-10,12-15H2,(H,26,27)/t20-/m1/s1. The topological polar surface area (TPSA) is 60.9 Å². The van der Waals surface area contributed by atoms with Crippen LogP contribution in [0.15, 0.2) is 48.5 Å². The molecule has 5 heteroatoms. The molecule has 2 aromatic rings. The zero-order valence-corrected chi connectivity index (χ0v) is 15.3. The second-order valence-corrected chi connectivity index (χ2v) is 7.52. The second kappa shape index (κ2) is 7.53. The van der Waals surface area contributed by atoms with Gasteiger partial charge in [0.05, 0.1) is 12.1 Å². The van der Waals surface area contributed by atoms with E-state index in [9.17, 15) is 14.7 Å². The number of fused-ring (bicyclic) bond motifs is 1. The number of hydrogen-bond acceptors (Lipinski definition) is 3. The molecule has 4 rings (SSSR count). The molecule has 1 amide bonds. The van der Waals surface area contributed by atoms with Gasteiger partial charge in [-0.2, -0.15) is 0 Å². The van der Waals surface area contributed by atoms with Gasteiger partial charge in [0.1, 0.15) is 0 Å². The lowest BCUT2D eigenvalue weighted by Crippen LogP contribution is -2.43. The molecule has 0 aliphatic carbocycles. The molecule has 1 saturated heterocycles. The highest BCUT2D eigenvalue weighted by atomic mass is 16.4. The van der Waals surface area contributed by atoms with Crippen LogP contribution in [0.3, 0.4) is 0 Å². The number of likely N-dealkylation sites (tertiary alicyclic amines) is 1. The molecule has 1 atom stereocenters. The zero-order chi connectivity index (χ0) is 18.8. The minimum Gasteiger partial charge on any atom is -0.478 e. The molecule has 1 N–H and O–H groups in total. The third-order valence-electron chi connectivity index (χ3n) is 5.64. The van der Waals surface area contributed by atoms with E-state index >= 15 is 0 Å². The number of hydrogen-bond donors (Lipinski definition) is 1. The van der Waals surface area contributed by atoms with Gasteiger partial charge in [-0.25, -0.2) is 4.79 Å². The molecule has 2 aromatic carbocycles. The summed E-state index contributed by atoms with van der Waals surface area (Å²) in [5.74, 6) is -0.533. The van der Waals surface area contributed by atoms with Crippen LogP contribution < -0.4 is 0 Å². The van der Waals surface area contributed by atoms with Crippen molar-refractivity contribution in [2.24, 2.45) is 0 Å². The first-order valence-electron chi connectivity index (χ1n) is 9.50. The Labute approximate surface area is 159 Å². The summed E-state index contributed by atoms with van der Waals surface area (Å²) in [6.45, 7) is 3.56. The summed E-state index contributed by atoms with van der Waals surface area (Å²) in [5.41, 5.74) is 3.95. The van der Waals surface area contributed by atoms with Gasteiger partial charge in [-0.1, -0.05) is 36.4 Å². The maximum absolute atomic E-state index is 12.8. The van der Waals surface area contributed by atoms with E-state index in [1.54, 1.807) is 18.2 Å². The van der Waals surface area contributed by atoms with Crippen LogP contribution in [0.5, 0.6) is 0 Å². The zero-order valence-electron chi connectivity index (χ0n) is 15.3. The van der Waals surface area contributed by atoms with E-state index in [2.05, 4.69) is 17.0 Å². The summed E-state index contributed by atoms with van der Waals surface area (Å²) in [6.07, 6.45) is 1.94. The first kappa shape index (κ1) is 17.7. The average molecular weight is 364 g/mol. The van der Waals surface area contributed by atoms with Crippen LogP contribution in [-0.2, 0) is 17.9 Å². The van der Waals surface area contributed by atoms with E-state index in [1.807, 2.05) is 23.1 Å². The van der Waals surface area contributed by atoms with Gasteiger partial charge in [0, 0.05) is 32.1 Å². The molecule has 0 radical (unpaired) electrons. The molecule has 2 aliphatic rings. The summed E-state index contributed by atoms with van der Waals surface area (Å²) in [6, 6.07) is 15.5. The summed E-state index contributed by atoms with van der Waals surface area (Å²) < 4.78 is 0. The molecule has 2 heterocycles. The predicted molar refractivity (Wildman–Crippen MR) is 103 cm³/mol. The Kier molecular flexibility index (Phi) is 4.94. The third kappa shape index (κ3) is 3.88. The Hall–Kier alpha value is -2.66. The van der Waals surface area contributed by atoms with Gasteiger partial charge >= 0.3 is 5.97 Å². The predicted octanol–water partition coefficient (Wildman–Crippen LogP) is 3.11. The van der Waals surface area contributed by atoms with E-state index in [4.69, 9.17) is 0 Å². The van der Waals surface area contributed by atoms with Crippen molar-refractivity contribution >= 4 is 11.9 Å². The van der Waals surface area contributed by atoms with E-state index in [-0.39, 0.29) is 11.8 Å². The number of rotatable bonds is 4. The number of benzene rings is 2. The Bertz CT molecular complexity index is 839. The number of carboxylic acid groups (broad SMARTS) is 1. The molecule has 1 fully saturated rings. The molecule has 0 saturated carbocycles. The Balaban J connectivity index is 1.39. The van der Waals surface area contributed by atoms with Gasteiger partial charge < -0.3 is 10.0 Å². The first-order chi connectivity index (χ1) is 13.1. The Morgan fingerprint density at radius 1 is 1.04 bits per heavy atom. The van der Waals surface area contributed by atoms with Crippen LogP contribution in [0.1, 0.15) is 45.8 Å². The maximum Gasteiger partial charge on any atom is 0.335 e. The summed E-state index contributed by atoms with van der Waals surface area (Å²) in [7, 11) is 0. The van der Waals surface area contributed by atoms with E-state index < -0.39 is 5.97 Å². The van der Waals surface area contributed by atoms with Crippen LogP contribution in [0.2, 0.25) is 0 Å². The Morgan fingerprint density at radius 2 is 1.78 bits per heavy atom. The molecule has 2 aliphatic heterocycles. The number of carbonyl (C=O) groups excluding carboxylic acids is 1. The largest absolute Gasteiger partial charge is 0.478 e. The van der Waals surface area contributed by atoms with Crippen LogP contribution >= 0.6 is 0 Å². The van der Waals surface area contributed by atoms with E-state index in [1.165, 1.54) is 11.1 Å². The summed E-state index contributed by atoms with van der Waals surface area (Å²) >= 11 is 0. The van der Waals surface area contributed by atoms with E-state index in [0.29, 0.717) is 18.7 Å². The number of carbonyl (C=O) groups is 2. The van der Waals surface area contributed by atoms with Crippen molar-refractivity contribution in [2.75, 3.05) is 19.6 Å². The molecule has 27 heavy (non-hydrogen) atoms. The minimum atomic E-state index is -0.908. The van der Waals surface area contributed by atoms with Gasteiger partial charge in [-0.05, 0) is 41.7 Å². The summed E-state index contributed by atoms with van der Waals surface area (Å²) in [5, 5.41) is 9.21. The number of carboxylic acids is 1. The molecular weight excluding hydrogens is 340 g/mol. The lowest BCUT2D eigenvalue weighted by Gasteiger charge is -2.34. The van der Waals surface area contributed by atoms with Crippen LogP contribution in [0.25, 0.3) is 0 Å². The number of aromatic carboxylic acids is 1. The minimum absolute atomic E-state index is 0.168. The molecule has 5 nitrogen and oxygen atoms in total. The fraction of sp³-hybridized carbons (Fsp3) is 0.364. The molecule has 0 unspecified atom stereocenters. The van der Waals surface area contributed by atoms with Crippen molar-refractivity contribution in [3.63, 3.8) is 0 Å².